The van der Waals surface area contributed by atoms with Crippen LogP contribution in [0, 0.1) is 13.8 Å². The summed E-state index contributed by atoms with van der Waals surface area (Å²) in [6, 6.07) is 8.21. The van der Waals surface area contributed by atoms with E-state index in [0.29, 0.717) is 38.9 Å². The zero-order chi connectivity index (χ0) is 24.5. The molecule has 2 fully saturated rings. The fraction of sp³-hybridized carbons (Fsp3) is 0.556. The summed E-state index contributed by atoms with van der Waals surface area (Å²) in [5, 5.41) is 0. The molecule has 3 aliphatic rings. The van der Waals surface area contributed by atoms with Crippen LogP contribution in [0.3, 0.4) is 0 Å². The lowest BCUT2D eigenvalue weighted by atomic mass is 10.0. The monoisotopic (exact) mass is 480 g/mol. The van der Waals surface area contributed by atoms with Gasteiger partial charge in [-0.15, -0.1) is 0 Å². The van der Waals surface area contributed by atoms with Crippen LogP contribution in [-0.2, 0) is 4.79 Å². The molecule has 2 aromatic rings. The number of aromatic nitrogens is 1. The maximum atomic E-state index is 13.4. The lowest BCUT2D eigenvalue weighted by Crippen LogP contribution is -2.53. The third-order valence-corrected chi connectivity index (χ3v) is 7.59. The molecule has 0 spiro atoms. The van der Waals surface area contributed by atoms with Crippen LogP contribution in [0.5, 0.6) is 11.5 Å². The molecule has 188 valence electrons. The van der Waals surface area contributed by atoms with E-state index < -0.39 is 0 Å². The van der Waals surface area contributed by atoms with Crippen molar-refractivity contribution in [3.63, 3.8) is 0 Å². The lowest BCUT2D eigenvalue weighted by molar-refractivity contribution is -0.136. The Morgan fingerprint density at radius 3 is 2.43 bits per heavy atom. The molecule has 8 heteroatoms. The van der Waals surface area contributed by atoms with Crippen LogP contribution in [0.1, 0.15) is 47.9 Å². The number of nitrogens with zero attached hydrogens (tertiary/aromatic N) is 4. The average Bonchev–Trinajstić information content (AvgIpc) is 3.17. The summed E-state index contributed by atoms with van der Waals surface area (Å²) in [6.07, 6.45) is 3.41. The first kappa shape index (κ1) is 23.7. The first-order valence-electron chi connectivity index (χ1n) is 12.8. The maximum absolute atomic E-state index is 13.4. The molecule has 35 heavy (non-hydrogen) atoms. The van der Waals surface area contributed by atoms with Gasteiger partial charge in [-0.25, -0.2) is 0 Å². The van der Waals surface area contributed by atoms with Gasteiger partial charge in [0.05, 0.1) is 12.1 Å². The van der Waals surface area contributed by atoms with Crippen molar-refractivity contribution in [3.05, 3.63) is 41.2 Å². The van der Waals surface area contributed by atoms with Gasteiger partial charge in [0.1, 0.15) is 13.2 Å². The summed E-state index contributed by atoms with van der Waals surface area (Å²) < 4.78 is 13.5. The Labute approximate surface area is 207 Å². The van der Waals surface area contributed by atoms with Gasteiger partial charge >= 0.3 is 0 Å². The second-order valence-corrected chi connectivity index (χ2v) is 9.95. The summed E-state index contributed by atoms with van der Waals surface area (Å²) in [6.45, 7) is 11.3. The normalized spacial score (nSPS) is 20.7. The van der Waals surface area contributed by atoms with Crippen LogP contribution < -0.4 is 9.47 Å². The number of aryl methyl sites for hydroxylation is 1. The molecule has 1 unspecified atom stereocenters. The minimum Gasteiger partial charge on any atom is -0.486 e. The Hall–Kier alpha value is -3.00. The van der Waals surface area contributed by atoms with Crippen molar-refractivity contribution >= 4 is 11.8 Å². The predicted octanol–water partition coefficient (Wildman–Crippen LogP) is 3.02. The van der Waals surface area contributed by atoms with Gasteiger partial charge in [0.15, 0.2) is 11.5 Å². The largest absolute Gasteiger partial charge is 0.486 e. The van der Waals surface area contributed by atoms with Crippen molar-refractivity contribution in [2.24, 2.45) is 0 Å². The summed E-state index contributed by atoms with van der Waals surface area (Å²) in [4.78, 5) is 32.4. The SMILES string of the molecule is Cc1cc(C(=O)N2CCN(CC(=O)N3CCCCC3C)CC2)c(C)n1-c1ccc2c(c1)OCCO2. The number of ether oxygens (including phenoxy) is 2. The quantitative estimate of drug-likeness (QED) is 0.673. The fourth-order valence-corrected chi connectivity index (χ4v) is 5.58. The van der Waals surface area contributed by atoms with Crippen LogP contribution in [0.15, 0.2) is 24.3 Å². The molecule has 4 heterocycles. The van der Waals surface area contributed by atoms with Crippen LogP contribution >= 0.6 is 0 Å². The van der Waals surface area contributed by atoms with Gasteiger partial charge < -0.3 is 23.8 Å². The number of benzene rings is 1. The topological polar surface area (TPSA) is 67.3 Å². The smallest absolute Gasteiger partial charge is 0.255 e. The van der Waals surface area contributed by atoms with E-state index in [-0.39, 0.29) is 11.8 Å². The lowest BCUT2D eigenvalue weighted by Gasteiger charge is -2.38. The number of fused-ring (bicyclic) bond motifs is 1. The first-order valence-corrected chi connectivity index (χ1v) is 12.8. The van der Waals surface area contributed by atoms with Crippen molar-refractivity contribution in [1.29, 1.82) is 0 Å². The van der Waals surface area contributed by atoms with Crippen LogP contribution in [-0.4, -0.2) is 89.6 Å². The van der Waals surface area contributed by atoms with E-state index in [2.05, 4.69) is 16.4 Å². The Morgan fingerprint density at radius 1 is 0.943 bits per heavy atom. The van der Waals surface area contributed by atoms with E-state index in [1.165, 1.54) is 6.42 Å². The molecular formula is C27H36N4O4. The molecule has 1 aromatic heterocycles. The maximum Gasteiger partial charge on any atom is 0.255 e. The first-order chi connectivity index (χ1) is 16.9. The van der Waals surface area contributed by atoms with E-state index >= 15 is 0 Å². The number of hydrogen-bond acceptors (Lipinski definition) is 5. The van der Waals surface area contributed by atoms with Crippen molar-refractivity contribution in [1.82, 2.24) is 19.3 Å². The van der Waals surface area contributed by atoms with E-state index in [4.69, 9.17) is 9.47 Å². The summed E-state index contributed by atoms with van der Waals surface area (Å²) >= 11 is 0. The van der Waals surface area contributed by atoms with Crippen LogP contribution in [0.2, 0.25) is 0 Å². The molecule has 5 rings (SSSR count). The predicted molar refractivity (Wildman–Crippen MR) is 134 cm³/mol. The van der Waals surface area contributed by atoms with Crippen molar-refractivity contribution in [2.45, 2.75) is 46.1 Å². The zero-order valence-electron chi connectivity index (χ0n) is 21.1. The third-order valence-electron chi connectivity index (χ3n) is 7.59. The summed E-state index contributed by atoms with van der Waals surface area (Å²) in [5.74, 6) is 1.76. The Morgan fingerprint density at radius 2 is 1.69 bits per heavy atom. The molecule has 0 N–H and O–H groups in total. The minimum absolute atomic E-state index is 0.0533. The highest BCUT2D eigenvalue weighted by Gasteiger charge is 2.29. The number of piperidine rings is 1. The molecule has 0 radical (unpaired) electrons. The van der Waals surface area contributed by atoms with E-state index in [1.54, 1.807) is 0 Å². The van der Waals surface area contributed by atoms with Gasteiger partial charge in [0.2, 0.25) is 5.91 Å². The van der Waals surface area contributed by atoms with Gasteiger partial charge in [-0.2, -0.15) is 0 Å². The number of piperazine rings is 1. The molecule has 0 aliphatic carbocycles. The minimum atomic E-state index is 0.0533. The van der Waals surface area contributed by atoms with Crippen molar-refractivity contribution < 1.29 is 19.1 Å². The number of rotatable bonds is 4. The van der Waals surface area contributed by atoms with Crippen LogP contribution in [0.4, 0.5) is 0 Å². The second-order valence-electron chi connectivity index (χ2n) is 9.95. The number of hydrogen-bond donors (Lipinski definition) is 0. The standard InChI is InChI=1S/C27H36N4O4/c1-19-6-4-5-9-30(19)26(32)18-28-10-12-29(13-11-28)27(33)23-16-20(2)31(21(23)3)22-7-8-24-25(17-22)35-15-14-34-24/h7-8,16-17,19H,4-6,9-15,18H2,1-3H3. The molecular weight excluding hydrogens is 444 g/mol. The summed E-state index contributed by atoms with van der Waals surface area (Å²) in [5.41, 5.74) is 3.60. The molecule has 3 aliphatic heterocycles. The number of likely N-dealkylation sites (tertiary alicyclic amines) is 1. The highest BCUT2D eigenvalue weighted by Crippen LogP contribution is 2.33. The Bertz CT molecular complexity index is 1100. The van der Waals surface area contributed by atoms with Crippen molar-refractivity contribution in [2.75, 3.05) is 52.5 Å². The second kappa shape index (κ2) is 9.93. The number of amides is 2. The van der Waals surface area contributed by atoms with E-state index in [9.17, 15) is 9.59 Å². The molecule has 2 saturated heterocycles. The Balaban J connectivity index is 1.23. The average molecular weight is 481 g/mol. The summed E-state index contributed by atoms with van der Waals surface area (Å²) in [7, 11) is 0. The zero-order valence-corrected chi connectivity index (χ0v) is 21.1. The van der Waals surface area contributed by atoms with Crippen molar-refractivity contribution in [3.8, 4) is 17.2 Å². The molecule has 2 amide bonds. The highest BCUT2D eigenvalue weighted by molar-refractivity contribution is 5.96. The number of carbonyl (C=O) groups is 2. The molecule has 1 atom stereocenters. The fourth-order valence-electron chi connectivity index (χ4n) is 5.58. The van der Waals surface area contributed by atoms with Gasteiger partial charge in [-0.05, 0) is 58.2 Å². The van der Waals surface area contributed by atoms with Gasteiger partial charge in [0.25, 0.3) is 5.91 Å². The highest BCUT2D eigenvalue weighted by atomic mass is 16.6. The van der Waals surface area contributed by atoms with E-state index in [0.717, 1.165) is 66.6 Å². The number of carbonyl (C=O) groups excluding carboxylic acids is 2. The molecule has 0 bridgehead atoms. The van der Waals surface area contributed by atoms with Gasteiger partial charge in [-0.3, -0.25) is 14.5 Å². The molecule has 1 aromatic carbocycles. The molecule has 0 saturated carbocycles. The van der Waals surface area contributed by atoms with Gasteiger partial charge in [0, 0.05) is 61.9 Å². The van der Waals surface area contributed by atoms with Crippen LogP contribution in [0.25, 0.3) is 5.69 Å². The molecule has 8 nitrogen and oxygen atoms in total. The van der Waals surface area contributed by atoms with Gasteiger partial charge in [-0.1, -0.05) is 0 Å². The third kappa shape index (κ3) is 4.76. The van der Waals surface area contributed by atoms with E-state index in [1.807, 2.05) is 47.9 Å². The Kier molecular flexibility index (Phi) is 6.73.